The summed E-state index contributed by atoms with van der Waals surface area (Å²) in [7, 11) is 0. The van der Waals surface area contributed by atoms with Crippen LogP contribution in [0.3, 0.4) is 0 Å². The first-order valence-electron chi connectivity index (χ1n) is 4.59. The molecular weight excluding hydrogens is 160 g/mol. The molecule has 1 aromatic carbocycles. The predicted octanol–water partition coefficient (Wildman–Crippen LogP) is 3.16. The van der Waals surface area contributed by atoms with Gasteiger partial charge < -0.3 is 5.11 Å². The molecule has 0 saturated heterocycles. The minimum Gasteiger partial charge on any atom is -0.388 e. The summed E-state index contributed by atoms with van der Waals surface area (Å²) in [6.07, 6.45) is 0.422. The van der Waals surface area contributed by atoms with Crippen LogP contribution in [0.2, 0.25) is 0 Å². The molecule has 70 valence electrons. The van der Waals surface area contributed by atoms with Crippen LogP contribution in [0.1, 0.15) is 37.5 Å². The highest BCUT2D eigenvalue weighted by Gasteiger charge is 2.03. The Bertz CT molecular complexity index is 284. The van der Waals surface area contributed by atoms with Crippen molar-refractivity contribution in [3.63, 3.8) is 0 Å². The van der Waals surface area contributed by atoms with Gasteiger partial charge in [-0.15, -0.1) is 0 Å². The predicted molar refractivity (Wildman–Crippen MR) is 56.4 cm³/mol. The zero-order valence-corrected chi connectivity index (χ0v) is 8.25. The maximum Gasteiger partial charge on any atom is 0.0787 e. The van der Waals surface area contributed by atoms with E-state index < -0.39 is 0 Å². The van der Waals surface area contributed by atoms with E-state index in [1.807, 2.05) is 38.1 Å². The third-order valence-electron chi connectivity index (χ3n) is 2.17. The summed E-state index contributed by atoms with van der Waals surface area (Å²) in [4.78, 5) is 0. The van der Waals surface area contributed by atoms with Gasteiger partial charge in [-0.05, 0) is 24.5 Å². The smallest absolute Gasteiger partial charge is 0.0787 e. The molecule has 0 fully saturated rings. The van der Waals surface area contributed by atoms with Crippen LogP contribution in [-0.4, -0.2) is 5.11 Å². The lowest BCUT2D eigenvalue weighted by molar-refractivity contribution is 0.173. The van der Waals surface area contributed by atoms with E-state index in [1.54, 1.807) is 0 Å². The fourth-order valence-electron chi connectivity index (χ4n) is 1.23. The molecule has 0 aliphatic heterocycles. The molecule has 0 bridgehead atoms. The van der Waals surface area contributed by atoms with Crippen molar-refractivity contribution in [1.29, 1.82) is 0 Å². The molecule has 0 spiro atoms. The lowest BCUT2D eigenvalue weighted by atomic mass is 10.0. The van der Waals surface area contributed by atoms with Crippen LogP contribution in [0.25, 0.3) is 5.57 Å². The summed E-state index contributed by atoms with van der Waals surface area (Å²) in [6.45, 7) is 7.80. The van der Waals surface area contributed by atoms with E-state index in [2.05, 4.69) is 6.58 Å². The Morgan fingerprint density at radius 1 is 1.38 bits per heavy atom. The van der Waals surface area contributed by atoms with Gasteiger partial charge in [-0.3, -0.25) is 0 Å². The molecule has 1 nitrogen and oxygen atoms in total. The monoisotopic (exact) mass is 176 g/mol. The summed E-state index contributed by atoms with van der Waals surface area (Å²) in [5, 5.41) is 9.54. The molecule has 13 heavy (non-hydrogen) atoms. The van der Waals surface area contributed by atoms with Gasteiger partial charge in [0.25, 0.3) is 0 Å². The van der Waals surface area contributed by atoms with Crippen molar-refractivity contribution in [1.82, 2.24) is 0 Å². The van der Waals surface area contributed by atoms with Gasteiger partial charge in [0.2, 0.25) is 0 Å². The number of benzene rings is 1. The Kier molecular flexibility index (Phi) is 3.26. The summed E-state index contributed by atoms with van der Waals surface area (Å²) < 4.78 is 0. The van der Waals surface area contributed by atoms with Gasteiger partial charge in [-0.1, -0.05) is 43.3 Å². The molecular formula is C12H16O. The van der Waals surface area contributed by atoms with Gasteiger partial charge in [0.15, 0.2) is 0 Å². The van der Waals surface area contributed by atoms with E-state index in [0.29, 0.717) is 0 Å². The summed E-state index contributed by atoms with van der Waals surface area (Å²) in [5.74, 6) is 0. The summed E-state index contributed by atoms with van der Waals surface area (Å²) in [5.41, 5.74) is 3.16. The Labute approximate surface area is 79.7 Å². The van der Waals surface area contributed by atoms with Crippen LogP contribution in [0.5, 0.6) is 0 Å². The van der Waals surface area contributed by atoms with Crippen LogP contribution >= 0.6 is 0 Å². The van der Waals surface area contributed by atoms with E-state index in [0.717, 1.165) is 23.1 Å². The van der Waals surface area contributed by atoms with Crippen molar-refractivity contribution >= 4 is 5.57 Å². The lowest BCUT2D eigenvalue weighted by Crippen LogP contribution is -1.94. The molecule has 1 rings (SSSR count). The van der Waals surface area contributed by atoms with Crippen LogP contribution in [0, 0.1) is 0 Å². The van der Waals surface area contributed by atoms with Crippen LogP contribution in [0.4, 0.5) is 0 Å². The fraction of sp³-hybridized carbons (Fsp3) is 0.333. The zero-order valence-electron chi connectivity index (χ0n) is 8.25. The summed E-state index contributed by atoms with van der Waals surface area (Å²) in [6, 6.07) is 7.91. The van der Waals surface area contributed by atoms with Crippen molar-refractivity contribution in [2.75, 3.05) is 0 Å². The largest absolute Gasteiger partial charge is 0.388 e. The van der Waals surface area contributed by atoms with Crippen LogP contribution < -0.4 is 0 Å². The Morgan fingerprint density at radius 2 is 1.92 bits per heavy atom. The van der Waals surface area contributed by atoms with Gasteiger partial charge in [0.1, 0.15) is 0 Å². The first-order chi connectivity index (χ1) is 6.15. The Morgan fingerprint density at radius 3 is 2.31 bits per heavy atom. The standard InChI is InChI=1S/C12H16O/c1-4-12(13)11-7-5-10(6-8-11)9(2)3/h5-8,12-13H,2,4H2,1,3H3. The van der Waals surface area contributed by atoms with Crippen molar-refractivity contribution in [2.45, 2.75) is 26.4 Å². The molecule has 1 heteroatoms. The maximum absolute atomic E-state index is 9.54. The van der Waals surface area contributed by atoms with E-state index in [4.69, 9.17) is 0 Å². The number of hydrogen-bond acceptors (Lipinski definition) is 1. The number of aliphatic hydroxyl groups is 1. The van der Waals surface area contributed by atoms with Gasteiger partial charge in [-0.25, -0.2) is 0 Å². The third kappa shape index (κ3) is 2.43. The normalized spacial score (nSPS) is 12.5. The molecule has 1 N–H and O–H groups in total. The molecule has 1 aromatic rings. The van der Waals surface area contributed by atoms with Gasteiger partial charge in [0.05, 0.1) is 6.10 Å². The van der Waals surface area contributed by atoms with Crippen LogP contribution in [-0.2, 0) is 0 Å². The second kappa shape index (κ2) is 4.24. The van der Waals surface area contributed by atoms with Gasteiger partial charge in [-0.2, -0.15) is 0 Å². The van der Waals surface area contributed by atoms with Crippen molar-refractivity contribution in [3.8, 4) is 0 Å². The lowest BCUT2D eigenvalue weighted by Gasteiger charge is -2.08. The zero-order chi connectivity index (χ0) is 9.84. The molecule has 0 saturated carbocycles. The first-order valence-corrected chi connectivity index (χ1v) is 4.59. The average molecular weight is 176 g/mol. The van der Waals surface area contributed by atoms with E-state index >= 15 is 0 Å². The van der Waals surface area contributed by atoms with E-state index in [9.17, 15) is 5.11 Å². The average Bonchev–Trinajstić information content (AvgIpc) is 2.17. The molecule has 0 aliphatic rings. The third-order valence-corrected chi connectivity index (χ3v) is 2.17. The summed E-state index contributed by atoms with van der Waals surface area (Å²) >= 11 is 0. The van der Waals surface area contributed by atoms with Crippen molar-refractivity contribution < 1.29 is 5.11 Å². The Balaban J connectivity index is 2.87. The number of hydrogen-bond donors (Lipinski definition) is 1. The number of rotatable bonds is 3. The second-order valence-corrected chi connectivity index (χ2v) is 3.33. The number of aliphatic hydroxyl groups excluding tert-OH is 1. The number of allylic oxidation sites excluding steroid dienone is 1. The van der Waals surface area contributed by atoms with E-state index in [1.165, 1.54) is 0 Å². The molecule has 0 radical (unpaired) electrons. The molecule has 0 amide bonds. The SMILES string of the molecule is C=C(C)c1ccc(C(O)CC)cc1. The van der Waals surface area contributed by atoms with E-state index in [-0.39, 0.29) is 6.10 Å². The van der Waals surface area contributed by atoms with Crippen molar-refractivity contribution in [2.24, 2.45) is 0 Å². The molecule has 0 aliphatic carbocycles. The fourth-order valence-corrected chi connectivity index (χ4v) is 1.23. The quantitative estimate of drug-likeness (QED) is 0.750. The second-order valence-electron chi connectivity index (χ2n) is 3.33. The molecule has 1 atom stereocenters. The highest BCUT2D eigenvalue weighted by atomic mass is 16.3. The van der Waals surface area contributed by atoms with Gasteiger partial charge in [0, 0.05) is 0 Å². The highest BCUT2D eigenvalue weighted by molar-refractivity contribution is 5.61. The molecule has 1 unspecified atom stereocenters. The molecule has 0 heterocycles. The topological polar surface area (TPSA) is 20.2 Å². The highest BCUT2D eigenvalue weighted by Crippen LogP contribution is 2.19. The first kappa shape index (κ1) is 10.0. The van der Waals surface area contributed by atoms with Crippen LogP contribution in [0.15, 0.2) is 30.8 Å². The minimum atomic E-state index is -0.334. The Hall–Kier alpha value is -1.08. The van der Waals surface area contributed by atoms with Crippen molar-refractivity contribution in [3.05, 3.63) is 42.0 Å². The molecule has 0 aromatic heterocycles. The minimum absolute atomic E-state index is 0.334. The van der Waals surface area contributed by atoms with Gasteiger partial charge >= 0.3 is 0 Å². The maximum atomic E-state index is 9.54.